The van der Waals surface area contributed by atoms with E-state index in [-0.39, 0.29) is 15.6 Å². The van der Waals surface area contributed by atoms with Gasteiger partial charge in [0.1, 0.15) is 10.9 Å². The SMILES string of the molecule is Cc1cc(N)c(S(=O)(=O)OC(=O)[C@H]2CCCN2)cc1Cl. The molecule has 2 rings (SSSR count). The Morgan fingerprint density at radius 1 is 1.50 bits per heavy atom. The first-order valence-corrected chi connectivity index (χ1v) is 7.87. The molecule has 0 aromatic heterocycles. The van der Waals surface area contributed by atoms with Crippen LogP contribution in [-0.2, 0) is 19.1 Å². The van der Waals surface area contributed by atoms with Crippen molar-refractivity contribution in [3.05, 3.63) is 22.7 Å². The van der Waals surface area contributed by atoms with E-state index in [4.69, 9.17) is 17.3 Å². The lowest BCUT2D eigenvalue weighted by molar-refractivity contribution is -0.135. The third-order valence-electron chi connectivity index (χ3n) is 3.10. The quantitative estimate of drug-likeness (QED) is 0.642. The molecule has 0 spiro atoms. The number of carbonyl (C=O) groups excluding carboxylic acids is 1. The van der Waals surface area contributed by atoms with Gasteiger partial charge in [0.15, 0.2) is 0 Å². The Hall–Kier alpha value is -1.31. The molecule has 0 radical (unpaired) electrons. The van der Waals surface area contributed by atoms with Crippen molar-refractivity contribution >= 4 is 33.4 Å². The van der Waals surface area contributed by atoms with E-state index in [0.29, 0.717) is 18.5 Å². The lowest BCUT2D eigenvalue weighted by Crippen LogP contribution is -2.34. The van der Waals surface area contributed by atoms with E-state index in [0.717, 1.165) is 6.42 Å². The second kappa shape index (κ2) is 5.59. The zero-order chi connectivity index (χ0) is 14.9. The summed E-state index contributed by atoms with van der Waals surface area (Å²) in [5.41, 5.74) is 6.31. The minimum Gasteiger partial charge on any atom is -0.398 e. The first-order chi connectivity index (χ1) is 9.31. The molecule has 0 amide bonds. The lowest BCUT2D eigenvalue weighted by atomic mass is 10.2. The van der Waals surface area contributed by atoms with E-state index in [2.05, 4.69) is 9.50 Å². The predicted molar refractivity (Wildman–Crippen MR) is 74.9 cm³/mol. The number of carbonyl (C=O) groups is 1. The molecule has 1 aliphatic rings. The van der Waals surface area contributed by atoms with Gasteiger partial charge in [0.2, 0.25) is 0 Å². The highest BCUT2D eigenvalue weighted by Crippen LogP contribution is 2.28. The van der Waals surface area contributed by atoms with Crippen LogP contribution in [0.5, 0.6) is 0 Å². The van der Waals surface area contributed by atoms with E-state index in [1.54, 1.807) is 6.92 Å². The fourth-order valence-electron chi connectivity index (χ4n) is 2.00. The van der Waals surface area contributed by atoms with Gasteiger partial charge in [-0.15, -0.1) is 0 Å². The van der Waals surface area contributed by atoms with Crippen molar-refractivity contribution in [2.75, 3.05) is 12.3 Å². The fourth-order valence-corrected chi connectivity index (χ4v) is 3.26. The Morgan fingerprint density at radius 2 is 2.20 bits per heavy atom. The maximum atomic E-state index is 12.1. The third-order valence-corrected chi connectivity index (χ3v) is 4.78. The zero-order valence-corrected chi connectivity index (χ0v) is 12.4. The van der Waals surface area contributed by atoms with Crippen LogP contribution in [0.1, 0.15) is 18.4 Å². The molecule has 0 saturated carbocycles. The summed E-state index contributed by atoms with van der Waals surface area (Å²) in [4.78, 5) is 11.5. The lowest BCUT2D eigenvalue weighted by Gasteiger charge is -2.12. The van der Waals surface area contributed by atoms with Crippen molar-refractivity contribution in [3.63, 3.8) is 0 Å². The van der Waals surface area contributed by atoms with Crippen molar-refractivity contribution < 1.29 is 17.4 Å². The molecule has 8 heteroatoms. The fraction of sp³-hybridized carbons (Fsp3) is 0.417. The number of nitrogens with two attached hydrogens (primary N) is 1. The Morgan fingerprint density at radius 3 is 2.80 bits per heavy atom. The number of nitrogen functional groups attached to an aromatic ring is 1. The minimum atomic E-state index is -4.27. The van der Waals surface area contributed by atoms with Gasteiger partial charge < -0.3 is 15.2 Å². The molecule has 1 atom stereocenters. The average molecular weight is 319 g/mol. The zero-order valence-electron chi connectivity index (χ0n) is 10.8. The Bertz CT molecular complexity index is 639. The molecule has 1 aliphatic heterocycles. The van der Waals surface area contributed by atoms with Gasteiger partial charge in [-0.2, -0.15) is 8.42 Å². The van der Waals surface area contributed by atoms with Crippen molar-refractivity contribution in [1.29, 1.82) is 0 Å². The topological polar surface area (TPSA) is 98.5 Å². The monoisotopic (exact) mass is 318 g/mol. The van der Waals surface area contributed by atoms with Crippen molar-refractivity contribution in [1.82, 2.24) is 5.32 Å². The van der Waals surface area contributed by atoms with Crippen LogP contribution in [0, 0.1) is 6.92 Å². The first-order valence-electron chi connectivity index (χ1n) is 6.08. The highest BCUT2D eigenvalue weighted by molar-refractivity contribution is 7.87. The van der Waals surface area contributed by atoms with Crippen LogP contribution in [-0.4, -0.2) is 27.0 Å². The molecule has 0 aliphatic carbocycles. The van der Waals surface area contributed by atoms with E-state index in [9.17, 15) is 13.2 Å². The molecule has 1 aromatic carbocycles. The van der Waals surface area contributed by atoms with Crippen LogP contribution in [0.4, 0.5) is 5.69 Å². The van der Waals surface area contributed by atoms with Gasteiger partial charge >= 0.3 is 16.1 Å². The number of halogens is 1. The van der Waals surface area contributed by atoms with Gasteiger partial charge in [0, 0.05) is 5.02 Å². The second-order valence-electron chi connectivity index (χ2n) is 4.64. The molecule has 3 N–H and O–H groups in total. The number of hydrogen-bond donors (Lipinski definition) is 2. The van der Waals surface area contributed by atoms with Gasteiger partial charge in [-0.05, 0) is 44.0 Å². The Balaban J connectivity index is 2.26. The maximum absolute atomic E-state index is 12.1. The smallest absolute Gasteiger partial charge is 0.343 e. The van der Waals surface area contributed by atoms with E-state index in [1.807, 2.05) is 0 Å². The van der Waals surface area contributed by atoms with Crippen LogP contribution in [0.25, 0.3) is 0 Å². The van der Waals surface area contributed by atoms with E-state index in [1.165, 1.54) is 12.1 Å². The standard InChI is InChI=1S/C12H15ClN2O4S/c1-7-5-9(14)11(6-8(7)13)20(17,18)19-12(16)10-3-2-4-15-10/h5-6,10,15H,2-4,14H2,1H3/t10-/m1/s1. The van der Waals surface area contributed by atoms with Crippen molar-refractivity contribution in [2.45, 2.75) is 30.7 Å². The highest BCUT2D eigenvalue weighted by atomic mass is 35.5. The van der Waals surface area contributed by atoms with Crippen LogP contribution in [0.3, 0.4) is 0 Å². The summed E-state index contributed by atoms with van der Waals surface area (Å²) >= 11 is 5.88. The normalized spacial score (nSPS) is 19.0. The first kappa shape index (κ1) is 15.1. The van der Waals surface area contributed by atoms with E-state index < -0.39 is 22.1 Å². The molecule has 1 heterocycles. The molecule has 0 bridgehead atoms. The number of rotatable bonds is 3. The van der Waals surface area contributed by atoms with Gasteiger partial charge in [0.05, 0.1) is 5.69 Å². The van der Waals surface area contributed by atoms with Crippen LogP contribution >= 0.6 is 11.6 Å². The molecule has 20 heavy (non-hydrogen) atoms. The Kier molecular flexibility index (Phi) is 4.22. The summed E-state index contributed by atoms with van der Waals surface area (Å²) in [6, 6.07) is 2.03. The number of benzene rings is 1. The number of hydrogen-bond acceptors (Lipinski definition) is 6. The second-order valence-corrected chi connectivity index (χ2v) is 6.57. The van der Waals surface area contributed by atoms with Crippen molar-refractivity contribution in [3.8, 4) is 0 Å². The molecule has 6 nitrogen and oxygen atoms in total. The molecule has 1 fully saturated rings. The number of aryl methyl sites for hydroxylation is 1. The highest BCUT2D eigenvalue weighted by Gasteiger charge is 2.30. The van der Waals surface area contributed by atoms with Crippen LogP contribution in [0.15, 0.2) is 17.0 Å². The number of nitrogens with one attached hydrogen (secondary N) is 1. The summed E-state index contributed by atoms with van der Waals surface area (Å²) in [5, 5.41) is 3.11. The maximum Gasteiger partial charge on any atom is 0.343 e. The van der Waals surface area contributed by atoms with Crippen LogP contribution in [0.2, 0.25) is 5.02 Å². The minimum absolute atomic E-state index is 0.000851. The van der Waals surface area contributed by atoms with Crippen LogP contribution < -0.4 is 11.1 Å². The molecule has 0 unspecified atom stereocenters. The van der Waals surface area contributed by atoms with Gasteiger partial charge in [-0.3, -0.25) is 0 Å². The summed E-state index contributed by atoms with van der Waals surface area (Å²) in [5.74, 6) is -0.821. The summed E-state index contributed by atoms with van der Waals surface area (Å²) in [7, 11) is -4.27. The summed E-state index contributed by atoms with van der Waals surface area (Å²) < 4.78 is 28.8. The molecule has 1 aromatic rings. The molecule has 1 saturated heterocycles. The van der Waals surface area contributed by atoms with Crippen molar-refractivity contribution in [2.24, 2.45) is 0 Å². The molecular weight excluding hydrogens is 304 g/mol. The molecule has 110 valence electrons. The summed E-state index contributed by atoms with van der Waals surface area (Å²) in [6.45, 7) is 2.36. The average Bonchev–Trinajstić information content (AvgIpc) is 2.86. The number of anilines is 1. The largest absolute Gasteiger partial charge is 0.398 e. The molecular formula is C12H15ClN2O4S. The van der Waals surface area contributed by atoms with Gasteiger partial charge in [0.25, 0.3) is 0 Å². The van der Waals surface area contributed by atoms with Gasteiger partial charge in [-0.25, -0.2) is 4.79 Å². The third kappa shape index (κ3) is 3.05. The summed E-state index contributed by atoms with van der Waals surface area (Å²) in [6.07, 6.45) is 1.36. The Labute approximate surface area is 122 Å². The van der Waals surface area contributed by atoms with Gasteiger partial charge in [-0.1, -0.05) is 11.6 Å². The predicted octanol–water partition coefficient (Wildman–Crippen LogP) is 1.21. The van der Waals surface area contributed by atoms with E-state index >= 15 is 0 Å².